The maximum Gasteiger partial charge on any atom is 0.227 e. The first-order valence-electron chi connectivity index (χ1n) is 7.97. The molecule has 0 spiro atoms. The molecule has 2 aromatic heterocycles. The topological polar surface area (TPSA) is 102 Å². The van der Waals surface area contributed by atoms with E-state index in [9.17, 15) is 13.2 Å². The second kappa shape index (κ2) is 7.79. The molecule has 2 heterocycles. The van der Waals surface area contributed by atoms with Crippen molar-refractivity contribution >= 4 is 32.8 Å². The summed E-state index contributed by atoms with van der Waals surface area (Å²) in [5.41, 5.74) is 0.537. The Kier molecular flexibility index (Phi) is 5.48. The van der Waals surface area contributed by atoms with Crippen molar-refractivity contribution in [2.75, 3.05) is 11.1 Å². The van der Waals surface area contributed by atoms with Crippen LogP contribution in [0.3, 0.4) is 0 Å². The molecule has 3 rings (SSSR count). The standard InChI is InChI=1S/C17H17N3O4S2/c1-2-26(22,23)13-7-5-12(6-8-13)18-15(21)9-10-16-19-17(20-24-16)14-4-3-11-25-14/h3-8,11H,2,9-10H2,1H3,(H,18,21). The lowest BCUT2D eigenvalue weighted by Gasteiger charge is -2.06. The van der Waals surface area contributed by atoms with Gasteiger partial charge in [-0.25, -0.2) is 8.42 Å². The monoisotopic (exact) mass is 391 g/mol. The molecule has 0 unspecified atom stereocenters. The van der Waals surface area contributed by atoms with Crippen molar-refractivity contribution in [1.29, 1.82) is 0 Å². The maximum absolute atomic E-state index is 12.0. The van der Waals surface area contributed by atoms with Crippen LogP contribution in [-0.2, 0) is 21.1 Å². The molecule has 9 heteroatoms. The van der Waals surface area contributed by atoms with Crippen molar-refractivity contribution in [3.8, 4) is 10.7 Å². The highest BCUT2D eigenvalue weighted by Gasteiger charge is 2.13. The quantitative estimate of drug-likeness (QED) is 0.664. The van der Waals surface area contributed by atoms with Gasteiger partial charge < -0.3 is 9.84 Å². The molecule has 136 valence electrons. The van der Waals surface area contributed by atoms with Crippen LogP contribution >= 0.6 is 11.3 Å². The Balaban J connectivity index is 1.54. The SMILES string of the molecule is CCS(=O)(=O)c1ccc(NC(=O)CCc2nc(-c3cccs3)no2)cc1. The molecule has 0 fully saturated rings. The Morgan fingerprint density at radius 3 is 2.65 bits per heavy atom. The van der Waals surface area contributed by atoms with Crippen LogP contribution in [0.4, 0.5) is 5.69 Å². The summed E-state index contributed by atoms with van der Waals surface area (Å²) in [4.78, 5) is 17.5. The minimum atomic E-state index is -3.25. The molecular weight excluding hydrogens is 374 g/mol. The van der Waals surface area contributed by atoms with Crippen molar-refractivity contribution in [1.82, 2.24) is 10.1 Å². The Bertz CT molecular complexity index is 977. The van der Waals surface area contributed by atoms with Gasteiger partial charge in [0.2, 0.25) is 17.6 Å². The Hall–Kier alpha value is -2.52. The number of carbonyl (C=O) groups excluding carboxylic acids is 1. The van der Waals surface area contributed by atoms with E-state index in [4.69, 9.17) is 4.52 Å². The minimum absolute atomic E-state index is 0.0380. The van der Waals surface area contributed by atoms with Gasteiger partial charge in [-0.2, -0.15) is 4.98 Å². The molecule has 0 aliphatic carbocycles. The number of nitrogens with zero attached hydrogens (tertiary/aromatic N) is 2. The normalized spacial score (nSPS) is 11.4. The zero-order valence-corrected chi connectivity index (χ0v) is 15.6. The van der Waals surface area contributed by atoms with E-state index in [-0.39, 0.29) is 23.0 Å². The number of thiophene rings is 1. The Morgan fingerprint density at radius 2 is 2.00 bits per heavy atom. The van der Waals surface area contributed by atoms with E-state index >= 15 is 0 Å². The average Bonchev–Trinajstić information content (AvgIpc) is 3.32. The Morgan fingerprint density at radius 1 is 1.23 bits per heavy atom. The molecule has 1 amide bonds. The summed E-state index contributed by atoms with van der Waals surface area (Å²) in [7, 11) is -3.25. The molecule has 26 heavy (non-hydrogen) atoms. The number of hydrogen-bond acceptors (Lipinski definition) is 7. The average molecular weight is 391 g/mol. The molecule has 0 saturated carbocycles. The van der Waals surface area contributed by atoms with Crippen molar-refractivity contribution in [3.63, 3.8) is 0 Å². The molecule has 1 N–H and O–H groups in total. The van der Waals surface area contributed by atoms with E-state index < -0.39 is 9.84 Å². The molecule has 0 aliphatic heterocycles. The van der Waals surface area contributed by atoms with Gasteiger partial charge in [-0.3, -0.25) is 4.79 Å². The number of carbonyl (C=O) groups is 1. The smallest absolute Gasteiger partial charge is 0.227 e. The summed E-state index contributed by atoms with van der Waals surface area (Å²) in [5.74, 6) is 0.735. The van der Waals surface area contributed by atoms with Gasteiger partial charge in [0.1, 0.15) is 0 Å². The van der Waals surface area contributed by atoms with Crippen LogP contribution in [0.2, 0.25) is 0 Å². The van der Waals surface area contributed by atoms with Crippen molar-refractivity contribution < 1.29 is 17.7 Å². The van der Waals surface area contributed by atoms with E-state index in [1.54, 1.807) is 19.1 Å². The fourth-order valence-corrected chi connectivity index (χ4v) is 3.75. The summed E-state index contributed by atoms with van der Waals surface area (Å²) in [5, 5.41) is 8.55. The molecule has 0 atom stereocenters. The maximum atomic E-state index is 12.0. The minimum Gasteiger partial charge on any atom is -0.339 e. The Labute approximate surface area is 155 Å². The van der Waals surface area contributed by atoms with Crippen molar-refractivity contribution in [3.05, 3.63) is 47.7 Å². The summed E-state index contributed by atoms with van der Waals surface area (Å²) < 4.78 is 28.7. The third-order valence-corrected chi connectivity index (χ3v) is 6.27. The molecule has 0 saturated heterocycles. The number of anilines is 1. The van der Waals surface area contributed by atoms with Gasteiger partial charge in [-0.1, -0.05) is 18.1 Å². The van der Waals surface area contributed by atoms with Crippen LogP contribution in [0, 0.1) is 0 Å². The number of benzene rings is 1. The third kappa shape index (κ3) is 4.36. The van der Waals surface area contributed by atoms with Gasteiger partial charge in [-0.15, -0.1) is 11.3 Å². The van der Waals surface area contributed by atoms with E-state index in [1.807, 2.05) is 17.5 Å². The highest BCUT2D eigenvalue weighted by atomic mass is 32.2. The zero-order valence-electron chi connectivity index (χ0n) is 14.0. The molecule has 0 radical (unpaired) electrons. The lowest BCUT2D eigenvalue weighted by atomic mass is 10.2. The number of amides is 1. The number of nitrogens with one attached hydrogen (secondary N) is 1. The van der Waals surface area contributed by atoms with E-state index in [0.29, 0.717) is 23.8 Å². The first-order chi connectivity index (χ1) is 12.5. The molecule has 1 aromatic carbocycles. The van der Waals surface area contributed by atoms with Crippen molar-refractivity contribution in [2.24, 2.45) is 0 Å². The second-order valence-corrected chi connectivity index (χ2v) is 8.69. The molecule has 0 bridgehead atoms. The fourth-order valence-electron chi connectivity index (χ4n) is 2.22. The van der Waals surface area contributed by atoms with Gasteiger partial charge >= 0.3 is 0 Å². The van der Waals surface area contributed by atoms with Gasteiger partial charge in [-0.05, 0) is 35.7 Å². The van der Waals surface area contributed by atoms with Crippen LogP contribution in [-0.4, -0.2) is 30.2 Å². The van der Waals surface area contributed by atoms with Gasteiger partial charge in [0.25, 0.3) is 0 Å². The molecule has 0 aliphatic rings. The lowest BCUT2D eigenvalue weighted by Crippen LogP contribution is -2.12. The van der Waals surface area contributed by atoms with E-state index in [2.05, 4.69) is 15.5 Å². The van der Waals surface area contributed by atoms with Gasteiger partial charge in [0, 0.05) is 18.5 Å². The van der Waals surface area contributed by atoms with Crippen LogP contribution in [0.1, 0.15) is 19.2 Å². The highest BCUT2D eigenvalue weighted by Crippen LogP contribution is 2.21. The molecular formula is C17H17N3O4S2. The number of sulfone groups is 1. The second-order valence-electron chi connectivity index (χ2n) is 5.47. The predicted molar refractivity (Wildman–Crippen MR) is 98.7 cm³/mol. The number of hydrogen-bond donors (Lipinski definition) is 1. The number of rotatable bonds is 7. The lowest BCUT2D eigenvalue weighted by molar-refractivity contribution is -0.116. The first kappa shape index (κ1) is 18.3. The third-order valence-electron chi connectivity index (χ3n) is 3.65. The summed E-state index contributed by atoms with van der Waals surface area (Å²) >= 11 is 1.51. The highest BCUT2D eigenvalue weighted by molar-refractivity contribution is 7.91. The van der Waals surface area contributed by atoms with Crippen molar-refractivity contribution in [2.45, 2.75) is 24.7 Å². The predicted octanol–water partition coefficient (Wildman–Crippen LogP) is 3.16. The largest absolute Gasteiger partial charge is 0.339 e. The first-order valence-corrected chi connectivity index (χ1v) is 10.5. The van der Waals surface area contributed by atoms with E-state index in [0.717, 1.165) is 4.88 Å². The van der Waals surface area contributed by atoms with Crippen LogP contribution in [0.5, 0.6) is 0 Å². The fraction of sp³-hybridized carbons (Fsp3) is 0.235. The zero-order chi connectivity index (χ0) is 18.6. The van der Waals surface area contributed by atoms with E-state index in [1.165, 1.54) is 23.5 Å². The van der Waals surface area contributed by atoms with Gasteiger partial charge in [0.15, 0.2) is 9.84 Å². The summed E-state index contributed by atoms with van der Waals surface area (Å²) in [6.07, 6.45) is 0.508. The summed E-state index contributed by atoms with van der Waals surface area (Å²) in [6.45, 7) is 1.59. The number of aromatic nitrogens is 2. The summed E-state index contributed by atoms with van der Waals surface area (Å²) in [6, 6.07) is 9.92. The van der Waals surface area contributed by atoms with Gasteiger partial charge in [0.05, 0.1) is 15.5 Å². The van der Waals surface area contributed by atoms with Crippen LogP contribution < -0.4 is 5.32 Å². The van der Waals surface area contributed by atoms with Crippen LogP contribution in [0.25, 0.3) is 10.7 Å². The molecule has 7 nitrogen and oxygen atoms in total. The van der Waals surface area contributed by atoms with Crippen LogP contribution in [0.15, 0.2) is 51.2 Å². The molecule has 3 aromatic rings. The number of aryl methyl sites for hydroxylation is 1.